The summed E-state index contributed by atoms with van der Waals surface area (Å²) in [6.07, 6.45) is -4.80. The molecule has 2 rings (SSSR count). The van der Waals surface area contributed by atoms with E-state index in [1.54, 1.807) is 0 Å². The Balaban J connectivity index is 1.96. The van der Waals surface area contributed by atoms with E-state index in [-0.39, 0.29) is 16.3 Å². The highest BCUT2D eigenvalue weighted by Gasteiger charge is 2.31. The van der Waals surface area contributed by atoms with Crippen LogP contribution in [0.3, 0.4) is 0 Å². The van der Waals surface area contributed by atoms with Crippen LogP contribution in [0, 0.1) is 0 Å². The van der Waals surface area contributed by atoms with Crippen molar-refractivity contribution in [2.75, 3.05) is 0 Å². The Hall–Kier alpha value is -2.11. The molecule has 0 saturated carbocycles. The molecule has 0 fully saturated rings. The van der Waals surface area contributed by atoms with E-state index in [9.17, 15) is 26.4 Å². The lowest BCUT2D eigenvalue weighted by atomic mass is 10.2. The molecule has 0 aliphatic heterocycles. The van der Waals surface area contributed by atoms with E-state index in [0.717, 1.165) is 23.5 Å². The van der Waals surface area contributed by atoms with Crippen molar-refractivity contribution >= 4 is 27.3 Å². The van der Waals surface area contributed by atoms with Crippen LogP contribution in [0.1, 0.15) is 15.2 Å². The predicted molar refractivity (Wildman–Crippen MR) is 80.0 cm³/mol. The van der Waals surface area contributed by atoms with Crippen molar-refractivity contribution in [2.45, 2.75) is 17.1 Å². The SMILES string of the molecule is NS(=O)(=O)c1ccc(CNC(=O)c2ccc(OC(F)(F)F)cc2)s1. The number of hydrogen-bond donors (Lipinski definition) is 2. The quantitative estimate of drug-likeness (QED) is 0.831. The van der Waals surface area contributed by atoms with Crippen LogP contribution < -0.4 is 15.2 Å². The van der Waals surface area contributed by atoms with Crippen molar-refractivity contribution in [2.24, 2.45) is 5.14 Å². The molecule has 0 spiro atoms. The summed E-state index contributed by atoms with van der Waals surface area (Å²) < 4.78 is 62.1. The lowest BCUT2D eigenvalue weighted by Gasteiger charge is -2.09. The van der Waals surface area contributed by atoms with E-state index in [0.29, 0.717) is 4.88 Å². The largest absolute Gasteiger partial charge is 0.573 e. The number of nitrogens with one attached hydrogen (secondary N) is 1. The van der Waals surface area contributed by atoms with Gasteiger partial charge in [-0.15, -0.1) is 24.5 Å². The lowest BCUT2D eigenvalue weighted by Crippen LogP contribution is -2.22. The van der Waals surface area contributed by atoms with Crippen LogP contribution >= 0.6 is 11.3 Å². The molecule has 1 aromatic heterocycles. The van der Waals surface area contributed by atoms with Crippen LogP contribution in [0.4, 0.5) is 13.2 Å². The van der Waals surface area contributed by atoms with Gasteiger partial charge in [-0.25, -0.2) is 13.6 Å². The second-order valence-electron chi connectivity index (χ2n) is 4.52. The first-order valence-corrected chi connectivity index (χ1v) is 8.66. The number of sulfonamides is 1. The number of hydrogen-bond acceptors (Lipinski definition) is 5. The van der Waals surface area contributed by atoms with Crippen molar-refractivity contribution in [3.05, 3.63) is 46.8 Å². The highest BCUT2D eigenvalue weighted by atomic mass is 32.2. The molecule has 1 aromatic carbocycles. The Morgan fingerprint density at radius 1 is 1.17 bits per heavy atom. The summed E-state index contributed by atoms with van der Waals surface area (Å²) in [6.45, 7) is 0.0554. The van der Waals surface area contributed by atoms with Gasteiger partial charge < -0.3 is 10.1 Å². The topological polar surface area (TPSA) is 98.5 Å². The van der Waals surface area contributed by atoms with Gasteiger partial charge in [0.05, 0.1) is 6.54 Å². The van der Waals surface area contributed by atoms with Crippen LogP contribution in [0.25, 0.3) is 0 Å². The number of carbonyl (C=O) groups excluding carboxylic acids is 1. The second kappa shape index (κ2) is 6.79. The fraction of sp³-hybridized carbons (Fsp3) is 0.154. The van der Waals surface area contributed by atoms with E-state index >= 15 is 0 Å². The zero-order chi connectivity index (χ0) is 18.0. The van der Waals surface area contributed by atoms with Crippen molar-refractivity contribution < 1.29 is 31.1 Å². The minimum Gasteiger partial charge on any atom is -0.406 e. The molecular weight excluding hydrogens is 369 g/mol. The van der Waals surface area contributed by atoms with Crippen LogP contribution in [0.2, 0.25) is 0 Å². The molecule has 6 nitrogen and oxygen atoms in total. The molecule has 1 heterocycles. The molecule has 0 aliphatic carbocycles. The number of thiophene rings is 1. The Bertz CT molecular complexity index is 830. The van der Waals surface area contributed by atoms with Gasteiger partial charge in [0.25, 0.3) is 5.91 Å². The van der Waals surface area contributed by atoms with E-state index in [4.69, 9.17) is 5.14 Å². The predicted octanol–water partition coefficient (Wildman–Crippen LogP) is 2.22. The van der Waals surface area contributed by atoms with Crippen LogP contribution in [0.5, 0.6) is 5.75 Å². The third-order valence-electron chi connectivity index (χ3n) is 2.69. The molecule has 0 atom stereocenters. The molecule has 11 heteroatoms. The van der Waals surface area contributed by atoms with Crippen LogP contribution in [-0.2, 0) is 16.6 Å². The minimum absolute atomic E-state index is 0.0274. The molecule has 3 N–H and O–H groups in total. The summed E-state index contributed by atoms with van der Waals surface area (Å²) in [5.41, 5.74) is 0.132. The van der Waals surface area contributed by atoms with Gasteiger partial charge in [0, 0.05) is 10.4 Å². The first kappa shape index (κ1) is 18.2. The first-order chi connectivity index (χ1) is 11.0. The summed E-state index contributed by atoms with van der Waals surface area (Å²) in [7, 11) is -3.79. The fourth-order valence-corrected chi connectivity index (χ4v) is 3.40. The van der Waals surface area contributed by atoms with Crippen LogP contribution in [0.15, 0.2) is 40.6 Å². The van der Waals surface area contributed by atoms with Gasteiger partial charge in [0.2, 0.25) is 10.0 Å². The maximum absolute atomic E-state index is 12.0. The molecule has 24 heavy (non-hydrogen) atoms. The number of rotatable bonds is 5. The zero-order valence-corrected chi connectivity index (χ0v) is 13.5. The van der Waals surface area contributed by atoms with Gasteiger partial charge in [0.15, 0.2) is 0 Å². The average Bonchev–Trinajstić information content (AvgIpc) is 2.93. The molecule has 2 aromatic rings. The standard InChI is InChI=1S/C13H11F3N2O4S2/c14-13(15,16)22-9-3-1-8(2-4-9)12(19)18-7-10-5-6-11(23-10)24(17,20)21/h1-6H,7H2,(H,18,19)(H2,17,20,21). The van der Waals surface area contributed by atoms with E-state index in [1.165, 1.54) is 24.3 Å². The van der Waals surface area contributed by atoms with Crippen molar-refractivity contribution in [3.8, 4) is 5.75 Å². The molecule has 0 unspecified atom stereocenters. The van der Waals surface area contributed by atoms with Crippen LogP contribution in [-0.4, -0.2) is 20.7 Å². The summed E-state index contributed by atoms with van der Waals surface area (Å²) in [5, 5.41) is 7.50. The molecule has 0 bridgehead atoms. The monoisotopic (exact) mass is 380 g/mol. The Kier molecular flexibility index (Phi) is 5.16. The number of amides is 1. The summed E-state index contributed by atoms with van der Waals surface area (Å²) in [5.74, 6) is -0.964. The number of halogens is 3. The summed E-state index contributed by atoms with van der Waals surface area (Å²) in [6, 6.07) is 7.23. The first-order valence-electron chi connectivity index (χ1n) is 6.30. The third-order valence-corrected chi connectivity index (χ3v) is 5.21. The number of benzene rings is 1. The van der Waals surface area contributed by atoms with Crippen molar-refractivity contribution in [1.82, 2.24) is 5.32 Å². The number of ether oxygens (including phenoxy) is 1. The van der Waals surface area contributed by atoms with Crippen molar-refractivity contribution in [3.63, 3.8) is 0 Å². The minimum atomic E-state index is -4.80. The number of primary sulfonamides is 1. The van der Waals surface area contributed by atoms with Gasteiger partial charge >= 0.3 is 6.36 Å². The lowest BCUT2D eigenvalue weighted by molar-refractivity contribution is -0.274. The highest BCUT2D eigenvalue weighted by Crippen LogP contribution is 2.23. The van der Waals surface area contributed by atoms with E-state index in [1.807, 2.05) is 0 Å². The fourth-order valence-electron chi connectivity index (χ4n) is 1.68. The van der Waals surface area contributed by atoms with E-state index < -0.39 is 28.0 Å². The Labute approximate surface area is 139 Å². The van der Waals surface area contributed by atoms with Gasteiger partial charge in [-0.2, -0.15) is 0 Å². The molecule has 0 aliphatic rings. The number of alkyl halides is 3. The van der Waals surface area contributed by atoms with Gasteiger partial charge in [-0.1, -0.05) is 0 Å². The summed E-state index contributed by atoms with van der Waals surface area (Å²) in [4.78, 5) is 12.5. The maximum atomic E-state index is 12.0. The molecular formula is C13H11F3N2O4S2. The van der Waals surface area contributed by atoms with Gasteiger partial charge in [-0.05, 0) is 36.4 Å². The molecule has 0 radical (unpaired) electrons. The molecule has 130 valence electrons. The van der Waals surface area contributed by atoms with Gasteiger partial charge in [-0.3, -0.25) is 4.79 Å². The average molecular weight is 380 g/mol. The highest BCUT2D eigenvalue weighted by molar-refractivity contribution is 7.91. The zero-order valence-electron chi connectivity index (χ0n) is 11.8. The number of carbonyl (C=O) groups is 1. The smallest absolute Gasteiger partial charge is 0.406 e. The second-order valence-corrected chi connectivity index (χ2v) is 7.48. The van der Waals surface area contributed by atoms with Crippen molar-refractivity contribution in [1.29, 1.82) is 0 Å². The molecule has 1 amide bonds. The van der Waals surface area contributed by atoms with Gasteiger partial charge in [0.1, 0.15) is 9.96 Å². The Morgan fingerprint density at radius 2 is 1.79 bits per heavy atom. The number of nitrogens with two attached hydrogens (primary N) is 1. The summed E-state index contributed by atoms with van der Waals surface area (Å²) >= 11 is 0.913. The maximum Gasteiger partial charge on any atom is 0.573 e. The molecule has 0 saturated heterocycles. The third kappa shape index (κ3) is 5.22. The van der Waals surface area contributed by atoms with E-state index in [2.05, 4.69) is 10.1 Å². The Morgan fingerprint density at radius 3 is 2.29 bits per heavy atom. The normalized spacial score (nSPS) is 12.0.